The third-order valence-electron chi connectivity index (χ3n) is 9.25. The number of likely N-dealkylation sites (tertiary alicyclic amines) is 1. The Kier molecular flexibility index (Phi) is 10.8. The molecule has 3 fully saturated rings. The highest BCUT2D eigenvalue weighted by Gasteiger charge is 2.80. The molecule has 39 heavy (non-hydrogen) atoms. The lowest BCUT2D eigenvalue weighted by Gasteiger charge is -2.39. The summed E-state index contributed by atoms with van der Waals surface area (Å²) >= 11 is 0. The monoisotopic (exact) mass is 546 g/mol. The fourth-order valence-corrected chi connectivity index (χ4v) is 7.20. The van der Waals surface area contributed by atoms with Gasteiger partial charge in [0.2, 0.25) is 11.8 Å². The molecule has 3 rings (SSSR count). The van der Waals surface area contributed by atoms with E-state index in [0.717, 1.165) is 38.5 Å². The van der Waals surface area contributed by atoms with Gasteiger partial charge in [-0.25, -0.2) is 0 Å². The first kappa shape index (κ1) is 31.3. The average Bonchev–Trinajstić information content (AvgIpc) is 3.41. The molecule has 3 aliphatic heterocycles. The number of carbonyl (C=O) groups is 3. The highest BCUT2D eigenvalue weighted by atomic mass is 16.6. The van der Waals surface area contributed by atoms with E-state index in [9.17, 15) is 19.5 Å². The molecule has 8 heteroatoms. The third kappa shape index (κ3) is 5.83. The van der Waals surface area contributed by atoms with E-state index < -0.39 is 35.0 Å². The lowest BCUT2D eigenvalue weighted by atomic mass is 9.62. The minimum absolute atomic E-state index is 0.0228. The first-order valence-corrected chi connectivity index (χ1v) is 14.9. The molecular weight excluding hydrogens is 496 g/mol. The number of hydrogen-bond acceptors (Lipinski definition) is 6. The maximum atomic E-state index is 14.4. The molecule has 3 saturated heterocycles. The van der Waals surface area contributed by atoms with Crippen LogP contribution in [0.3, 0.4) is 0 Å². The Morgan fingerprint density at radius 3 is 2.62 bits per heavy atom. The van der Waals surface area contributed by atoms with Crippen LogP contribution < -0.4 is 0 Å². The fourth-order valence-electron chi connectivity index (χ4n) is 7.20. The number of esters is 1. The molecule has 0 aromatic rings. The molecule has 1 spiro atoms. The van der Waals surface area contributed by atoms with Crippen LogP contribution in [0.5, 0.6) is 0 Å². The van der Waals surface area contributed by atoms with Crippen LogP contribution in [-0.4, -0.2) is 82.3 Å². The number of amides is 2. The van der Waals surface area contributed by atoms with Crippen molar-refractivity contribution in [2.75, 3.05) is 26.3 Å². The van der Waals surface area contributed by atoms with Crippen LogP contribution in [0.15, 0.2) is 25.3 Å². The normalized spacial score (nSPS) is 31.7. The van der Waals surface area contributed by atoms with E-state index in [-0.39, 0.29) is 37.0 Å². The third-order valence-corrected chi connectivity index (χ3v) is 9.25. The van der Waals surface area contributed by atoms with Gasteiger partial charge >= 0.3 is 5.97 Å². The van der Waals surface area contributed by atoms with E-state index in [4.69, 9.17) is 9.47 Å². The number of hydrogen-bond donors (Lipinski definition) is 1. The average molecular weight is 547 g/mol. The van der Waals surface area contributed by atoms with Crippen molar-refractivity contribution in [1.29, 1.82) is 0 Å². The van der Waals surface area contributed by atoms with Gasteiger partial charge < -0.3 is 24.4 Å². The van der Waals surface area contributed by atoms with E-state index in [1.165, 1.54) is 0 Å². The van der Waals surface area contributed by atoms with Crippen molar-refractivity contribution in [2.45, 2.75) is 109 Å². The van der Waals surface area contributed by atoms with Crippen molar-refractivity contribution in [2.24, 2.45) is 17.8 Å². The summed E-state index contributed by atoms with van der Waals surface area (Å²) in [6.07, 6.45) is 10.4. The topological polar surface area (TPSA) is 96.4 Å². The van der Waals surface area contributed by atoms with Crippen LogP contribution >= 0.6 is 0 Å². The second-order valence-electron chi connectivity index (χ2n) is 11.9. The van der Waals surface area contributed by atoms with Gasteiger partial charge in [0.25, 0.3) is 0 Å². The van der Waals surface area contributed by atoms with Gasteiger partial charge in [0.1, 0.15) is 17.6 Å². The molecule has 0 aliphatic carbocycles. The summed E-state index contributed by atoms with van der Waals surface area (Å²) in [5.41, 5.74) is -1.95. The van der Waals surface area contributed by atoms with Crippen molar-refractivity contribution < 1.29 is 29.0 Å². The Morgan fingerprint density at radius 2 is 1.97 bits per heavy atom. The predicted octanol–water partition coefficient (Wildman–Crippen LogP) is 4.26. The van der Waals surface area contributed by atoms with Crippen molar-refractivity contribution in [3.63, 3.8) is 0 Å². The number of aliphatic hydroxyl groups excluding tert-OH is 1. The van der Waals surface area contributed by atoms with Crippen LogP contribution in [-0.2, 0) is 23.9 Å². The van der Waals surface area contributed by atoms with Gasteiger partial charge in [-0.2, -0.15) is 0 Å². The van der Waals surface area contributed by atoms with Gasteiger partial charge in [-0.1, -0.05) is 32.4 Å². The van der Waals surface area contributed by atoms with Crippen LogP contribution in [0.25, 0.3) is 0 Å². The Balaban J connectivity index is 1.98. The number of rotatable bonds is 17. The lowest BCUT2D eigenvalue weighted by molar-refractivity contribution is -0.162. The maximum Gasteiger partial charge on any atom is 0.312 e. The van der Waals surface area contributed by atoms with Gasteiger partial charge in [-0.05, 0) is 71.1 Å². The molecule has 220 valence electrons. The standard InChI is InChI=1S/C31H50N2O6/c1-7-10-11-15-20-38-29(37)25-24-27(35)33(18-13-12-14-19-34)26(31(24)21-22(4)30(25,6)39-31)28(36)32(17-9-3)23(5)16-8-2/h7,9,22-26,34H,1,3,8,10-21H2,2,4-6H3/t22?,23?,24-,25-,26?,30+,31?/m0/s1. The summed E-state index contributed by atoms with van der Waals surface area (Å²) in [6.45, 7) is 16.8. The molecule has 0 aromatic heterocycles. The zero-order valence-corrected chi connectivity index (χ0v) is 24.5. The fraction of sp³-hybridized carbons (Fsp3) is 0.774. The lowest BCUT2D eigenvalue weighted by Crippen LogP contribution is -2.58. The number of ether oxygens (including phenoxy) is 2. The van der Waals surface area contributed by atoms with Crippen LogP contribution in [0, 0.1) is 17.8 Å². The van der Waals surface area contributed by atoms with E-state index >= 15 is 0 Å². The van der Waals surface area contributed by atoms with Crippen LogP contribution in [0.1, 0.15) is 85.5 Å². The molecule has 8 nitrogen and oxygen atoms in total. The Hall–Kier alpha value is -2.19. The van der Waals surface area contributed by atoms with Crippen LogP contribution in [0.2, 0.25) is 0 Å². The summed E-state index contributed by atoms with van der Waals surface area (Å²) in [5.74, 6) is -2.26. The molecule has 2 bridgehead atoms. The molecule has 2 amide bonds. The van der Waals surface area contributed by atoms with Gasteiger partial charge in [0, 0.05) is 25.7 Å². The summed E-state index contributed by atoms with van der Waals surface area (Å²) in [5, 5.41) is 9.25. The van der Waals surface area contributed by atoms with Gasteiger partial charge in [0.05, 0.1) is 18.1 Å². The largest absolute Gasteiger partial charge is 0.465 e. The number of aliphatic hydroxyl groups is 1. The van der Waals surface area contributed by atoms with Crippen molar-refractivity contribution >= 4 is 17.8 Å². The minimum atomic E-state index is -1.07. The number of allylic oxidation sites excluding steroid dienone is 1. The quantitative estimate of drug-likeness (QED) is 0.166. The molecule has 0 radical (unpaired) electrons. The van der Waals surface area contributed by atoms with Crippen molar-refractivity contribution in [3.05, 3.63) is 25.3 Å². The molecular formula is C31H50N2O6. The second-order valence-corrected chi connectivity index (χ2v) is 11.9. The molecule has 4 unspecified atom stereocenters. The summed E-state index contributed by atoms with van der Waals surface area (Å²) in [6, 6.07) is -0.830. The van der Waals surface area contributed by atoms with Gasteiger partial charge in [-0.3, -0.25) is 14.4 Å². The van der Waals surface area contributed by atoms with E-state index in [0.29, 0.717) is 32.4 Å². The zero-order valence-electron chi connectivity index (χ0n) is 24.5. The SMILES string of the molecule is C=CCCCCOC(=O)[C@@H]1[C@H]2C(=O)N(CCCCCO)C(C(=O)N(CC=C)C(C)CCC)C23CC(C)[C@@]1(C)O3. The number of unbranched alkanes of at least 4 members (excludes halogenated alkanes) is 4. The van der Waals surface area contributed by atoms with E-state index in [1.807, 2.05) is 31.7 Å². The Labute approximate surface area is 234 Å². The van der Waals surface area contributed by atoms with Crippen LogP contribution in [0.4, 0.5) is 0 Å². The smallest absolute Gasteiger partial charge is 0.312 e. The summed E-state index contributed by atoms with van der Waals surface area (Å²) < 4.78 is 12.5. The highest BCUT2D eigenvalue weighted by Crippen LogP contribution is 2.65. The Morgan fingerprint density at radius 1 is 1.23 bits per heavy atom. The van der Waals surface area contributed by atoms with Crippen molar-refractivity contribution in [3.8, 4) is 0 Å². The molecule has 0 saturated carbocycles. The Bertz CT molecular complexity index is 908. The molecule has 7 atom stereocenters. The van der Waals surface area contributed by atoms with Gasteiger partial charge in [0.15, 0.2) is 0 Å². The molecule has 3 heterocycles. The first-order chi connectivity index (χ1) is 18.6. The van der Waals surface area contributed by atoms with Gasteiger partial charge in [-0.15, -0.1) is 13.2 Å². The summed E-state index contributed by atoms with van der Waals surface area (Å²) in [7, 11) is 0. The van der Waals surface area contributed by atoms with E-state index in [1.54, 1.807) is 11.0 Å². The second kappa shape index (κ2) is 13.4. The molecule has 3 aliphatic rings. The number of fused-ring (bicyclic) bond motifs is 1. The molecule has 0 aromatic carbocycles. The maximum absolute atomic E-state index is 14.4. The predicted molar refractivity (Wildman–Crippen MR) is 151 cm³/mol. The zero-order chi connectivity index (χ0) is 28.8. The highest BCUT2D eigenvalue weighted by molar-refractivity contribution is 5.98. The first-order valence-electron chi connectivity index (χ1n) is 14.9. The minimum Gasteiger partial charge on any atom is -0.465 e. The number of nitrogens with zero attached hydrogens (tertiary/aromatic N) is 2. The molecule has 1 N–H and O–H groups in total. The van der Waals surface area contributed by atoms with E-state index in [2.05, 4.69) is 20.1 Å². The summed E-state index contributed by atoms with van der Waals surface area (Å²) in [4.78, 5) is 45.7. The number of carbonyl (C=O) groups excluding carboxylic acids is 3. The van der Waals surface area contributed by atoms with Crippen molar-refractivity contribution in [1.82, 2.24) is 9.80 Å².